The van der Waals surface area contributed by atoms with Gasteiger partial charge in [-0.3, -0.25) is 0 Å². The summed E-state index contributed by atoms with van der Waals surface area (Å²) in [6.07, 6.45) is 0. The number of anilines is 1. The molecule has 0 fully saturated rings. The van der Waals surface area contributed by atoms with Gasteiger partial charge in [-0.15, -0.1) is 0 Å². The van der Waals surface area contributed by atoms with E-state index >= 15 is 0 Å². The minimum atomic E-state index is -2.42. The zero-order valence-electron chi connectivity index (χ0n) is 21.8. The van der Waals surface area contributed by atoms with Crippen molar-refractivity contribution >= 4 is 68.4 Å². The summed E-state index contributed by atoms with van der Waals surface area (Å²) in [4.78, 5) is 0. The molecule has 0 aromatic heterocycles. The second-order valence-electron chi connectivity index (χ2n) is 8.82. The zero-order valence-corrected chi connectivity index (χ0v) is 27.0. The molecule has 196 valence electrons. The topological polar surface area (TPSA) is 21.7 Å². The van der Waals surface area contributed by atoms with E-state index in [0.717, 1.165) is 17.2 Å². The third kappa shape index (κ3) is 5.29. The van der Waals surface area contributed by atoms with Gasteiger partial charge in [0.05, 0.1) is 0 Å². The van der Waals surface area contributed by atoms with Gasteiger partial charge >= 0.3 is 248 Å². The molecule has 0 saturated carbocycles. The summed E-state index contributed by atoms with van der Waals surface area (Å²) in [6.45, 7) is 0. The van der Waals surface area contributed by atoms with Crippen molar-refractivity contribution in [3.8, 4) is 11.5 Å². The molecule has 0 heterocycles. The Morgan fingerprint density at radius 2 is 0.846 bits per heavy atom. The van der Waals surface area contributed by atoms with Gasteiger partial charge < -0.3 is 0 Å². The summed E-state index contributed by atoms with van der Waals surface area (Å²) in [7, 11) is 3.41. The van der Waals surface area contributed by atoms with Gasteiger partial charge in [-0.25, -0.2) is 0 Å². The van der Waals surface area contributed by atoms with E-state index in [4.69, 9.17) is 9.47 Å². The molecule has 7 heteroatoms. The standard InChI is InChI=1S/C32H29NO2P2Se2/c1-34-26-23-24-31(32(25-26)35-2)33(36(38,27-15-7-3-8-16-27)28-17-9-4-10-18-28)37(39,29-19-11-5-12-20-29)30-21-13-6-14-22-30/h3-25H,1-2H3. The third-order valence-electron chi connectivity index (χ3n) is 6.56. The van der Waals surface area contributed by atoms with E-state index < -0.39 is 11.3 Å². The van der Waals surface area contributed by atoms with Crippen molar-refractivity contribution in [1.29, 1.82) is 0 Å². The van der Waals surface area contributed by atoms with Crippen LogP contribution in [0.4, 0.5) is 5.69 Å². The van der Waals surface area contributed by atoms with Crippen LogP contribution < -0.4 is 35.1 Å². The summed E-state index contributed by atoms with van der Waals surface area (Å²) in [5, 5.41) is 4.95. The van der Waals surface area contributed by atoms with Gasteiger partial charge in [-0.05, 0) is 0 Å². The molecule has 0 amide bonds. The predicted molar refractivity (Wildman–Crippen MR) is 172 cm³/mol. The van der Waals surface area contributed by atoms with Crippen molar-refractivity contribution in [3.05, 3.63) is 140 Å². The molecular weight excluding hydrogens is 650 g/mol. The first-order chi connectivity index (χ1) is 19.0. The SMILES string of the molecule is COc1ccc(N(P(=[Se])(c2ccccc2)c2ccccc2)P(=[Se])(c2ccccc2)c2ccccc2)c(OC)c1. The summed E-state index contributed by atoms with van der Waals surface area (Å²) >= 11 is 7.61. The molecule has 0 saturated heterocycles. The number of nitrogens with zero attached hydrogens (tertiary/aromatic N) is 1. The normalized spacial score (nSPS) is 11.5. The van der Waals surface area contributed by atoms with Crippen LogP contribution in [-0.2, 0) is 0 Å². The number of hydrogen-bond acceptors (Lipinski definition) is 3. The van der Waals surface area contributed by atoms with Gasteiger partial charge in [0.1, 0.15) is 0 Å². The molecule has 0 aliphatic rings. The minimum absolute atomic E-state index is 0.752. The van der Waals surface area contributed by atoms with Crippen LogP contribution in [0.25, 0.3) is 0 Å². The maximum absolute atomic E-state index is 6.09. The van der Waals surface area contributed by atoms with Crippen LogP contribution in [-0.4, -0.2) is 44.4 Å². The quantitative estimate of drug-likeness (QED) is 0.144. The molecule has 5 rings (SSSR count). The van der Waals surface area contributed by atoms with Gasteiger partial charge in [0.15, 0.2) is 0 Å². The average molecular weight is 679 g/mol. The zero-order chi connectivity index (χ0) is 27.3. The first-order valence-corrected chi connectivity index (χ1v) is 20.4. The Balaban J connectivity index is 1.97. The Morgan fingerprint density at radius 1 is 0.487 bits per heavy atom. The molecule has 5 aromatic rings. The van der Waals surface area contributed by atoms with Crippen molar-refractivity contribution in [2.45, 2.75) is 0 Å². The van der Waals surface area contributed by atoms with Gasteiger partial charge in [0.2, 0.25) is 0 Å². The van der Waals surface area contributed by atoms with E-state index in [1.54, 1.807) is 14.2 Å². The summed E-state index contributed by atoms with van der Waals surface area (Å²) in [6, 6.07) is 49.3. The molecule has 0 radical (unpaired) electrons. The Morgan fingerprint density at radius 3 is 1.15 bits per heavy atom. The fourth-order valence-electron chi connectivity index (χ4n) is 4.69. The first-order valence-electron chi connectivity index (χ1n) is 12.5. The van der Waals surface area contributed by atoms with Crippen molar-refractivity contribution < 1.29 is 9.47 Å². The van der Waals surface area contributed by atoms with Gasteiger partial charge in [0, 0.05) is 0 Å². The average Bonchev–Trinajstić information content (AvgIpc) is 3.02. The van der Waals surface area contributed by atoms with E-state index in [1.165, 1.54) is 21.2 Å². The van der Waals surface area contributed by atoms with Gasteiger partial charge in [0.25, 0.3) is 0 Å². The molecule has 3 nitrogen and oxygen atoms in total. The van der Waals surface area contributed by atoms with Crippen LogP contribution in [0, 0.1) is 0 Å². The molecule has 0 unspecified atom stereocenters. The second-order valence-corrected chi connectivity index (χ2v) is 21.0. The van der Waals surface area contributed by atoms with E-state index in [-0.39, 0.29) is 0 Å². The van der Waals surface area contributed by atoms with Crippen LogP contribution in [0.2, 0.25) is 0 Å². The van der Waals surface area contributed by atoms with Crippen molar-refractivity contribution in [2.75, 3.05) is 18.7 Å². The van der Waals surface area contributed by atoms with Gasteiger partial charge in [-0.2, -0.15) is 0 Å². The molecule has 0 aliphatic heterocycles. The van der Waals surface area contributed by atoms with Crippen LogP contribution >= 0.6 is 11.3 Å². The Labute approximate surface area is 246 Å². The maximum atomic E-state index is 6.09. The van der Waals surface area contributed by atoms with Gasteiger partial charge in [-0.1, -0.05) is 0 Å². The molecule has 0 N–H and O–H groups in total. The Hall–Kier alpha value is -2.60. The number of benzene rings is 5. The third-order valence-corrected chi connectivity index (χ3v) is 22.7. The molecular formula is C32H29NO2P2Se2. The number of hydrogen-bond donors (Lipinski definition) is 0. The van der Waals surface area contributed by atoms with E-state index in [1.807, 2.05) is 12.1 Å². The molecule has 0 spiro atoms. The van der Waals surface area contributed by atoms with Crippen LogP contribution in [0.3, 0.4) is 0 Å². The van der Waals surface area contributed by atoms with E-state index in [0.29, 0.717) is 0 Å². The Bertz CT molecular complexity index is 1450. The number of ether oxygens (including phenoxy) is 2. The summed E-state index contributed by atoms with van der Waals surface area (Å²) in [5.74, 6) is 1.51. The number of rotatable bonds is 9. The fraction of sp³-hybridized carbons (Fsp3) is 0.0625. The first kappa shape index (κ1) is 27.9. The van der Waals surface area contributed by atoms with Crippen molar-refractivity contribution in [2.24, 2.45) is 0 Å². The summed E-state index contributed by atoms with van der Waals surface area (Å²) < 4.78 is 14.3. The van der Waals surface area contributed by atoms with Crippen LogP contribution in [0.1, 0.15) is 0 Å². The Kier molecular flexibility index (Phi) is 8.80. The van der Waals surface area contributed by atoms with Crippen LogP contribution in [0.15, 0.2) is 140 Å². The molecule has 39 heavy (non-hydrogen) atoms. The molecule has 0 bridgehead atoms. The van der Waals surface area contributed by atoms with Crippen LogP contribution in [0.5, 0.6) is 11.5 Å². The monoisotopic (exact) mass is 681 g/mol. The molecule has 0 aliphatic carbocycles. The predicted octanol–water partition coefficient (Wildman–Crippen LogP) is 5.84. The second kappa shape index (κ2) is 12.3. The molecule has 5 aromatic carbocycles. The summed E-state index contributed by atoms with van der Waals surface area (Å²) in [5.41, 5.74) is -3.84. The van der Waals surface area contributed by atoms with E-state index in [2.05, 4.69) is 162 Å². The van der Waals surface area contributed by atoms with Crippen molar-refractivity contribution in [3.63, 3.8) is 0 Å². The fourth-order valence-corrected chi connectivity index (χ4v) is 22.5. The van der Waals surface area contributed by atoms with Crippen molar-refractivity contribution in [1.82, 2.24) is 0 Å². The molecule has 0 atom stereocenters. The number of methoxy groups -OCH3 is 2. The van der Waals surface area contributed by atoms with E-state index in [9.17, 15) is 0 Å².